The minimum absolute atomic E-state index is 0.131. The molecule has 0 saturated carbocycles. The van der Waals surface area contributed by atoms with Crippen LogP contribution in [0.5, 0.6) is 0 Å². The summed E-state index contributed by atoms with van der Waals surface area (Å²) in [7, 11) is -1.32. The third kappa shape index (κ3) is 4.00. The number of nitrogens with zero attached hydrogens (tertiary/aromatic N) is 1. The fraction of sp³-hybridized carbons (Fsp3) is 0.538. The van der Waals surface area contributed by atoms with Crippen molar-refractivity contribution in [2.75, 3.05) is 13.7 Å². The maximum Gasteiger partial charge on any atom is 0.262 e. The second-order valence-electron chi connectivity index (χ2n) is 5.34. The third-order valence-electron chi connectivity index (χ3n) is 3.92. The molecule has 1 aliphatic rings. The second-order valence-corrected chi connectivity index (χ2v) is 10.3. The maximum absolute atomic E-state index is 12.7. The Morgan fingerprint density at radius 2 is 1.96 bits per heavy atom. The van der Waals surface area contributed by atoms with E-state index in [1.54, 1.807) is 6.92 Å². The Morgan fingerprint density at radius 1 is 1.30 bits per heavy atom. The summed E-state index contributed by atoms with van der Waals surface area (Å²) in [5.74, 6) is 0. The molecule has 23 heavy (non-hydrogen) atoms. The van der Waals surface area contributed by atoms with E-state index in [-0.39, 0.29) is 22.1 Å². The van der Waals surface area contributed by atoms with Crippen molar-refractivity contribution in [1.82, 2.24) is 4.31 Å². The van der Waals surface area contributed by atoms with Gasteiger partial charge < -0.3 is 4.74 Å². The van der Waals surface area contributed by atoms with Gasteiger partial charge in [0.2, 0.25) is 10.0 Å². The molecule has 1 aliphatic heterocycles. The molecule has 0 aromatic heterocycles. The van der Waals surface area contributed by atoms with E-state index >= 15 is 0 Å². The predicted octanol–water partition coefficient (Wildman–Crippen LogP) is 2.46. The molecule has 0 radical (unpaired) electrons. The van der Waals surface area contributed by atoms with Crippen LogP contribution in [0.1, 0.15) is 19.8 Å². The zero-order valence-corrected chi connectivity index (χ0v) is 15.7. The molecule has 0 N–H and O–H groups in total. The topological polar surface area (TPSA) is 80.8 Å². The Labute approximate surface area is 145 Å². The van der Waals surface area contributed by atoms with E-state index in [1.807, 2.05) is 0 Å². The van der Waals surface area contributed by atoms with Crippen LogP contribution >= 0.6 is 22.3 Å². The van der Waals surface area contributed by atoms with Gasteiger partial charge in [-0.1, -0.05) is 11.6 Å². The van der Waals surface area contributed by atoms with Gasteiger partial charge in [-0.25, -0.2) is 16.8 Å². The fourth-order valence-electron chi connectivity index (χ4n) is 2.43. The summed E-state index contributed by atoms with van der Waals surface area (Å²) >= 11 is 5.78. The van der Waals surface area contributed by atoms with E-state index in [0.29, 0.717) is 6.61 Å². The monoisotopic (exact) mass is 401 g/mol. The fourth-order valence-corrected chi connectivity index (χ4v) is 5.41. The van der Waals surface area contributed by atoms with Gasteiger partial charge in [0.15, 0.2) is 0 Å². The summed E-state index contributed by atoms with van der Waals surface area (Å²) < 4.78 is 55.1. The van der Waals surface area contributed by atoms with E-state index < -0.39 is 24.0 Å². The summed E-state index contributed by atoms with van der Waals surface area (Å²) in [5, 5.41) is -0.131. The number of likely N-dealkylation sites (N-methyl/N-ethyl adjacent to an activating group) is 1. The quantitative estimate of drug-likeness (QED) is 0.707. The van der Waals surface area contributed by atoms with Crippen LogP contribution in [-0.2, 0) is 23.8 Å². The van der Waals surface area contributed by atoms with Crippen LogP contribution in [0.25, 0.3) is 0 Å². The lowest BCUT2D eigenvalue weighted by atomic mass is 10.1. The maximum atomic E-state index is 12.7. The summed E-state index contributed by atoms with van der Waals surface area (Å²) in [6, 6.07) is 3.05. The lowest BCUT2D eigenvalue weighted by Crippen LogP contribution is -2.42. The normalized spacial score (nSPS) is 20.8. The highest BCUT2D eigenvalue weighted by atomic mass is 35.7. The molecule has 2 atom stereocenters. The molecule has 1 saturated heterocycles. The first kappa shape index (κ1) is 19.0. The van der Waals surface area contributed by atoms with Gasteiger partial charge in [-0.15, -0.1) is 0 Å². The lowest BCUT2D eigenvalue weighted by molar-refractivity contribution is 0.0652. The molecule has 10 heteroatoms. The average molecular weight is 402 g/mol. The van der Waals surface area contributed by atoms with Crippen molar-refractivity contribution in [1.29, 1.82) is 0 Å². The van der Waals surface area contributed by atoms with Gasteiger partial charge in [0, 0.05) is 30.4 Å². The first-order chi connectivity index (χ1) is 10.5. The molecule has 0 amide bonds. The number of hydrogen-bond acceptors (Lipinski definition) is 5. The van der Waals surface area contributed by atoms with Crippen molar-refractivity contribution >= 4 is 41.4 Å². The van der Waals surface area contributed by atoms with Crippen molar-refractivity contribution in [3.8, 4) is 0 Å². The van der Waals surface area contributed by atoms with Gasteiger partial charge >= 0.3 is 0 Å². The van der Waals surface area contributed by atoms with Crippen LogP contribution in [0, 0.1) is 0 Å². The molecular weight excluding hydrogens is 385 g/mol. The largest absolute Gasteiger partial charge is 0.377 e. The highest BCUT2D eigenvalue weighted by Crippen LogP contribution is 2.30. The Hall–Kier alpha value is -0.380. The van der Waals surface area contributed by atoms with Crippen molar-refractivity contribution in [2.45, 2.75) is 41.7 Å². The van der Waals surface area contributed by atoms with Gasteiger partial charge in [0.05, 0.1) is 16.0 Å². The molecule has 6 nitrogen and oxygen atoms in total. The van der Waals surface area contributed by atoms with Crippen LogP contribution in [0.2, 0.25) is 5.02 Å². The minimum Gasteiger partial charge on any atom is -0.377 e. The molecule has 0 bridgehead atoms. The first-order valence-electron chi connectivity index (χ1n) is 6.89. The molecule has 1 fully saturated rings. The Balaban J connectivity index is 2.39. The first-order valence-corrected chi connectivity index (χ1v) is 11.0. The van der Waals surface area contributed by atoms with Crippen molar-refractivity contribution in [2.24, 2.45) is 0 Å². The number of halogens is 2. The smallest absolute Gasteiger partial charge is 0.262 e. The molecule has 1 aromatic rings. The highest BCUT2D eigenvalue weighted by Gasteiger charge is 2.33. The Bertz CT molecular complexity index is 789. The predicted molar refractivity (Wildman–Crippen MR) is 87.9 cm³/mol. The molecule has 1 heterocycles. The third-order valence-corrected chi connectivity index (χ3v) is 7.66. The summed E-state index contributed by atoms with van der Waals surface area (Å²) in [4.78, 5) is -0.617. The molecule has 0 aliphatic carbocycles. The van der Waals surface area contributed by atoms with Crippen LogP contribution in [0.15, 0.2) is 28.0 Å². The summed E-state index contributed by atoms with van der Waals surface area (Å²) in [5.41, 5.74) is 0. The van der Waals surface area contributed by atoms with Gasteiger partial charge in [-0.2, -0.15) is 4.31 Å². The molecule has 0 spiro atoms. The van der Waals surface area contributed by atoms with Gasteiger partial charge in [0.25, 0.3) is 9.05 Å². The number of ether oxygens (including phenoxy) is 1. The molecule has 2 unspecified atom stereocenters. The summed E-state index contributed by atoms with van der Waals surface area (Å²) in [6.07, 6.45) is 1.49. The minimum atomic E-state index is -4.15. The number of hydrogen-bond donors (Lipinski definition) is 0. The van der Waals surface area contributed by atoms with E-state index in [1.165, 1.54) is 23.5 Å². The number of benzene rings is 1. The van der Waals surface area contributed by atoms with Gasteiger partial charge in [-0.3, -0.25) is 0 Å². The van der Waals surface area contributed by atoms with E-state index in [4.69, 9.17) is 27.0 Å². The SMILES string of the molecule is CC(C1CCCO1)N(C)S(=O)(=O)c1ccc(Cl)c(S(=O)(=O)Cl)c1. The number of rotatable bonds is 5. The van der Waals surface area contributed by atoms with Crippen molar-refractivity contribution in [3.05, 3.63) is 23.2 Å². The van der Waals surface area contributed by atoms with Gasteiger partial charge in [-0.05, 0) is 38.0 Å². The van der Waals surface area contributed by atoms with Crippen molar-refractivity contribution in [3.63, 3.8) is 0 Å². The van der Waals surface area contributed by atoms with Crippen LogP contribution in [0.3, 0.4) is 0 Å². The average Bonchev–Trinajstić information content (AvgIpc) is 2.98. The molecule has 1 aromatic carbocycles. The van der Waals surface area contributed by atoms with Gasteiger partial charge in [0.1, 0.15) is 4.90 Å². The Morgan fingerprint density at radius 3 is 2.48 bits per heavy atom. The van der Waals surface area contributed by atoms with E-state index in [2.05, 4.69) is 0 Å². The van der Waals surface area contributed by atoms with E-state index in [9.17, 15) is 16.8 Å². The molecular formula is C13H17Cl2NO5S2. The summed E-state index contributed by atoms with van der Waals surface area (Å²) in [6.45, 7) is 2.36. The number of sulfonamides is 1. The second kappa shape index (κ2) is 6.85. The highest BCUT2D eigenvalue weighted by molar-refractivity contribution is 8.13. The molecule has 130 valence electrons. The zero-order chi connectivity index (χ0) is 17.4. The molecule has 2 rings (SSSR count). The van der Waals surface area contributed by atoms with E-state index in [0.717, 1.165) is 18.9 Å². The zero-order valence-electron chi connectivity index (χ0n) is 12.6. The van der Waals surface area contributed by atoms with Crippen molar-refractivity contribution < 1.29 is 21.6 Å². The standard InChI is InChI=1S/C13H17Cl2NO5S2/c1-9(12-4-3-7-21-12)16(2)23(19,20)10-5-6-11(14)13(8-10)22(15,17)18/h5-6,8-9,12H,3-4,7H2,1-2H3. The van der Waals surface area contributed by atoms with Crippen LogP contribution in [-0.4, -0.2) is 46.9 Å². The lowest BCUT2D eigenvalue weighted by Gasteiger charge is -2.28. The van der Waals surface area contributed by atoms with Crippen LogP contribution < -0.4 is 0 Å². The Kier molecular flexibility index (Phi) is 5.65. The van der Waals surface area contributed by atoms with Crippen LogP contribution in [0.4, 0.5) is 0 Å².